The summed E-state index contributed by atoms with van der Waals surface area (Å²) in [5.74, 6) is 0.947. The third-order valence-electron chi connectivity index (χ3n) is 4.59. The van der Waals surface area contributed by atoms with Gasteiger partial charge in [0.1, 0.15) is 0 Å². The summed E-state index contributed by atoms with van der Waals surface area (Å²) in [7, 11) is 2.19. The van der Waals surface area contributed by atoms with Gasteiger partial charge < -0.3 is 10.6 Å². The Kier molecular flexibility index (Phi) is 4.81. The first-order valence-corrected chi connectivity index (χ1v) is 7.56. The van der Waals surface area contributed by atoms with Crippen LogP contribution in [-0.2, 0) is 0 Å². The van der Waals surface area contributed by atoms with Crippen molar-refractivity contribution in [3.8, 4) is 0 Å². The molecule has 0 aliphatic heterocycles. The first-order chi connectivity index (χ1) is 9.11. The van der Waals surface area contributed by atoms with Crippen molar-refractivity contribution in [2.24, 2.45) is 11.7 Å². The number of nitrogens with two attached hydrogens (primary N) is 1. The molecular weight excluding hydrogens is 234 g/mol. The van der Waals surface area contributed by atoms with Gasteiger partial charge in [0.05, 0.1) is 17.6 Å². The summed E-state index contributed by atoms with van der Waals surface area (Å²) < 4.78 is 0. The van der Waals surface area contributed by atoms with Crippen LogP contribution >= 0.6 is 0 Å². The second-order valence-corrected chi connectivity index (χ2v) is 5.92. The molecule has 0 amide bonds. The average molecular weight is 261 g/mol. The van der Waals surface area contributed by atoms with Crippen molar-refractivity contribution in [3.05, 3.63) is 24.0 Å². The highest BCUT2D eigenvalue weighted by Crippen LogP contribution is 2.31. The van der Waals surface area contributed by atoms with Gasteiger partial charge >= 0.3 is 0 Å². The van der Waals surface area contributed by atoms with Gasteiger partial charge in [0, 0.05) is 19.1 Å². The van der Waals surface area contributed by atoms with E-state index in [1.54, 1.807) is 0 Å². The SMILES string of the molecule is CCC1CCC(N(C)c2ccc([C@@H](C)N)nc2)CC1. The number of hydrogen-bond acceptors (Lipinski definition) is 3. The van der Waals surface area contributed by atoms with Gasteiger partial charge in [-0.15, -0.1) is 0 Å². The lowest BCUT2D eigenvalue weighted by molar-refractivity contribution is 0.313. The van der Waals surface area contributed by atoms with E-state index in [-0.39, 0.29) is 6.04 Å². The summed E-state index contributed by atoms with van der Waals surface area (Å²) in [6.07, 6.45) is 8.66. The lowest BCUT2D eigenvalue weighted by atomic mass is 9.84. The minimum atomic E-state index is 0.0133. The van der Waals surface area contributed by atoms with Gasteiger partial charge in [0.15, 0.2) is 0 Å². The number of pyridine rings is 1. The number of anilines is 1. The summed E-state index contributed by atoms with van der Waals surface area (Å²) in [6.45, 7) is 4.28. The van der Waals surface area contributed by atoms with E-state index < -0.39 is 0 Å². The van der Waals surface area contributed by atoms with Gasteiger partial charge in [-0.1, -0.05) is 13.3 Å². The molecule has 3 nitrogen and oxygen atoms in total. The first kappa shape index (κ1) is 14.3. The molecule has 106 valence electrons. The average Bonchev–Trinajstić information content (AvgIpc) is 2.46. The molecule has 2 rings (SSSR count). The lowest BCUT2D eigenvalue weighted by Crippen LogP contribution is -2.35. The summed E-state index contributed by atoms with van der Waals surface area (Å²) >= 11 is 0. The van der Waals surface area contributed by atoms with E-state index in [1.807, 2.05) is 19.2 Å². The normalized spacial score (nSPS) is 25.1. The molecule has 19 heavy (non-hydrogen) atoms. The van der Waals surface area contributed by atoms with Gasteiger partial charge in [-0.25, -0.2) is 0 Å². The van der Waals surface area contributed by atoms with E-state index in [4.69, 9.17) is 5.73 Å². The van der Waals surface area contributed by atoms with Gasteiger partial charge in [0.2, 0.25) is 0 Å². The molecule has 0 saturated heterocycles. The maximum atomic E-state index is 5.84. The molecule has 1 aliphatic rings. The highest BCUT2D eigenvalue weighted by molar-refractivity contribution is 5.45. The van der Waals surface area contributed by atoms with E-state index in [0.717, 1.165) is 11.6 Å². The minimum Gasteiger partial charge on any atom is -0.370 e. The van der Waals surface area contributed by atoms with E-state index in [9.17, 15) is 0 Å². The van der Waals surface area contributed by atoms with Crippen molar-refractivity contribution in [1.29, 1.82) is 0 Å². The third kappa shape index (κ3) is 3.47. The summed E-state index contributed by atoms with van der Waals surface area (Å²) in [6, 6.07) is 4.89. The molecule has 0 aromatic carbocycles. The van der Waals surface area contributed by atoms with Gasteiger partial charge in [-0.3, -0.25) is 4.98 Å². The molecular formula is C16H27N3. The lowest BCUT2D eigenvalue weighted by Gasteiger charge is -2.35. The van der Waals surface area contributed by atoms with Gasteiger partial charge in [-0.2, -0.15) is 0 Å². The number of nitrogens with zero attached hydrogens (tertiary/aromatic N) is 2. The first-order valence-electron chi connectivity index (χ1n) is 7.56. The Hall–Kier alpha value is -1.09. The van der Waals surface area contributed by atoms with Crippen LogP contribution in [0.3, 0.4) is 0 Å². The summed E-state index contributed by atoms with van der Waals surface area (Å²) in [5.41, 5.74) is 8.01. The second kappa shape index (κ2) is 6.38. The summed E-state index contributed by atoms with van der Waals surface area (Å²) in [4.78, 5) is 6.85. The van der Waals surface area contributed by atoms with Gasteiger partial charge in [0.25, 0.3) is 0 Å². The number of hydrogen-bond donors (Lipinski definition) is 1. The smallest absolute Gasteiger partial charge is 0.0569 e. The molecule has 1 fully saturated rings. The topological polar surface area (TPSA) is 42.1 Å². The predicted octanol–water partition coefficient (Wildman–Crippen LogP) is 3.51. The van der Waals surface area contributed by atoms with Crippen LogP contribution in [0.2, 0.25) is 0 Å². The molecule has 0 unspecified atom stereocenters. The monoisotopic (exact) mass is 261 g/mol. The Balaban J connectivity index is 1.97. The van der Waals surface area contributed by atoms with Crippen LogP contribution in [0.25, 0.3) is 0 Å². The summed E-state index contributed by atoms with van der Waals surface area (Å²) in [5, 5.41) is 0. The standard InChI is InChI=1S/C16H27N3/c1-4-13-5-7-14(8-6-13)19(3)15-9-10-16(12(2)17)18-11-15/h9-14H,4-8,17H2,1-3H3/t12-,13?,14?/m1/s1. The van der Waals surface area contributed by atoms with Crippen molar-refractivity contribution < 1.29 is 0 Å². The van der Waals surface area contributed by atoms with Gasteiger partial charge in [-0.05, 0) is 50.7 Å². The fourth-order valence-corrected chi connectivity index (χ4v) is 3.03. The highest BCUT2D eigenvalue weighted by atomic mass is 15.1. The zero-order valence-electron chi connectivity index (χ0n) is 12.5. The zero-order valence-corrected chi connectivity index (χ0v) is 12.5. The molecule has 1 aromatic rings. The fourth-order valence-electron chi connectivity index (χ4n) is 3.03. The Morgan fingerprint density at radius 3 is 2.47 bits per heavy atom. The fraction of sp³-hybridized carbons (Fsp3) is 0.688. The van der Waals surface area contributed by atoms with Crippen LogP contribution in [0, 0.1) is 5.92 Å². The maximum absolute atomic E-state index is 5.84. The molecule has 0 radical (unpaired) electrons. The Morgan fingerprint density at radius 1 is 1.32 bits per heavy atom. The Labute approximate surface area is 117 Å². The largest absolute Gasteiger partial charge is 0.370 e. The van der Waals surface area contributed by atoms with Crippen molar-refractivity contribution in [1.82, 2.24) is 4.98 Å². The maximum Gasteiger partial charge on any atom is 0.0569 e. The molecule has 0 bridgehead atoms. The van der Waals surface area contributed by atoms with Crippen LogP contribution in [0.5, 0.6) is 0 Å². The predicted molar refractivity (Wildman–Crippen MR) is 81.3 cm³/mol. The second-order valence-electron chi connectivity index (χ2n) is 5.92. The van der Waals surface area contributed by atoms with Crippen molar-refractivity contribution >= 4 is 5.69 Å². The van der Waals surface area contributed by atoms with Crippen LogP contribution in [-0.4, -0.2) is 18.1 Å². The molecule has 1 aromatic heterocycles. The van der Waals surface area contributed by atoms with E-state index in [1.165, 1.54) is 37.8 Å². The minimum absolute atomic E-state index is 0.0133. The van der Waals surface area contributed by atoms with Crippen LogP contribution in [0.15, 0.2) is 18.3 Å². The van der Waals surface area contributed by atoms with E-state index in [2.05, 4.69) is 29.9 Å². The molecule has 0 spiro atoms. The van der Waals surface area contributed by atoms with Crippen LogP contribution in [0.4, 0.5) is 5.69 Å². The highest BCUT2D eigenvalue weighted by Gasteiger charge is 2.23. The third-order valence-corrected chi connectivity index (χ3v) is 4.59. The number of aromatic nitrogens is 1. The Bertz CT molecular complexity index is 377. The molecule has 2 N–H and O–H groups in total. The van der Waals surface area contributed by atoms with Crippen molar-refractivity contribution in [3.63, 3.8) is 0 Å². The van der Waals surface area contributed by atoms with Crippen LogP contribution in [0.1, 0.15) is 57.7 Å². The van der Waals surface area contributed by atoms with Crippen molar-refractivity contribution in [2.45, 2.75) is 58.0 Å². The molecule has 1 saturated carbocycles. The molecule has 1 heterocycles. The van der Waals surface area contributed by atoms with E-state index >= 15 is 0 Å². The Morgan fingerprint density at radius 2 is 2.00 bits per heavy atom. The zero-order chi connectivity index (χ0) is 13.8. The van der Waals surface area contributed by atoms with E-state index in [0.29, 0.717) is 6.04 Å². The van der Waals surface area contributed by atoms with Crippen LogP contribution < -0.4 is 10.6 Å². The number of rotatable bonds is 4. The molecule has 1 atom stereocenters. The van der Waals surface area contributed by atoms with Crippen molar-refractivity contribution in [2.75, 3.05) is 11.9 Å². The molecule has 3 heteroatoms. The molecule has 1 aliphatic carbocycles. The quantitative estimate of drug-likeness (QED) is 0.902.